The molecule has 3 aromatic rings. The summed E-state index contributed by atoms with van der Waals surface area (Å²) in [6.45, 7) is 5.51. The molecule has 0 fully saturated rings. The number of benzene rings is 2. The molecule has 184 valence electrons. The van der Waals surface area contributed by atoms with Crippen molar-refractivity contribution in [3.63, 3.8) is 0 Å². The van der Waals surface area contributed by atoms with Crippen LogP contribution in [0.4, 0.5) is 8.78 Å². The molecule has 2 aromatic carbocycles. The number of hydrogen-bond acceptors (Lipinski definition) is 6. The number of fused-ring (bicyclic) bond motifs is 1. The number of carbonyl (C=O) groups excluding carboxylic acids is 1. The summed E-state index contributed by atoms with van der Waals surface area (Å²) in [6.07, 6.45) is 1.61. The highest BCUT2D eigenvalue weighted by molar-refractivity contribution is 7.84. The second kappa shape index (κ2) is 9.88. The molecular formula is C25H25F2N4O3S-. The number of amides is 1. The number of nitrogens with zero attached hydrogens (tertiary/aromatic N) is 3. The van der Waals surface area contributed by atoms with E-state index in [4.69, 9.17) is 0 Å². The van der Waals surface area contributed by atoms with Crippen LogP contribution in [0.5, 0.6) is 0 Å². The molecule has 2 atom stereocenters. The lowest BCUT2D eigenvalue weighted by Crippen LogP contribution is -2.34. The van der Waals surface area contributed by atoms with Gasteiger partial charge in [-0.3, -0.25) is 9.00 Å². The van der Waals surface area contributed by atoms with Crippen LogP contribution in [0.1, 0.15) is 52.6 Å². The first-order chi connectivity index (χ1) is 16.6. The summed E-state index contributed by atoms with van der Waals surface area (Å²) in [5, 5.41) is 16.3. The second-order valence-electron chi connectivity index (χ2n) is 8.76. The smallest absolute Gasteiger partial charge is 0.251 e. The molecule has 1 aromatic heterocycles. The van der Waals surface area contributed by atoms with E-state index in [9.17, 15) is 23.0 Å². The number of aryl methyl sites for hydroxylation is 1. The van der Waals surface area contributed by atoms with E-state index in [-0.39, 0.29) is 35.8 Å². The number of halogens is 2. The van der Waals surface area contributed by atoms with Gasteiger partial charge in [-0.15, -0.1) is 0 Å². The molecule has 7 nitrogen and oxygen atoms in total. The average molecular weight is 500 g/mol. The Morgan fingerprint density at radius 2 is 1.89 bits per heavy atom. The Morgan fingerprint density at radius 3 is 2.51 bits per heavy atom. The Hall–Kier alpha value is -3.08. The fraction of sp³-hybridized carbons (Fsp3) is 0.320. The van der Waals surface area contributed by atoms with Crippen molar-refractivity contribution in [2.75, 3.05) is 12.8 Å². The van der Waals surface area contributed by atoms with Crippen LogP contribution < -0.4 is 5.32 Å². The Labute approximate surface area is 204 Å². The number of hydroxylamine groups is 2. The zero-order valence-electron chi connectivity index (χ0n) is 19.8. The van der Waals surface area contributed by atoms with Gasteiger partial charge in [0.1, 0.15) is 11.6 Å². The third kappa shape index (κ3) is 4.86. The highest BCUT2D eigenvalue weighted by Gasteiger charge is 2.33. The molecule has 0 radical (unpaired) electrons. The first-order valence-electron chi connectivity index (χ1n) is 11.1. The van der Waals surface area contributed by atoms with Crippen LogP contribution in [-0.2, 0) is 17.2 Å². The van der Waals surface area contributed by atoms with Crippen molar-refractivity contribution in [2.45, 2.75) is 44.4 Å². The molecule has 1 aliphatic heterocycles. The monoisotopic (exact) mass is 499 g/mol. The number of hydrogen-bond donors (Lipinski definition) is 1. The zero-order chi connectivity index (χ0) is 25.4. The normalized spacial score (nSPS) is 16.7. The van der Waals surface area contributed by atoms with Crippen LogP contribution in [-0.4, -0.2) is 44.0 Å². The van der Waals surface area contributed by atoms with E-state index in [0.717, 1.165) is 17.7 Å². The summed E-state index contributed by atoms with van der Waals surface area (Å²) in [5.41, 5.74) is 2.42. The SMILES string of the molecule is Cc1ccc(C(=O)NC(C)C)cc1-c1nc(S(C)=O)nc2c1CCN([O-])C2c1c(F)cccc1F. The van der Waals surface area contributed by atoms with E-state index in [0.29, 0.717) is 27.4 Å². The van der Waals surface area contributed by atoms with Gasteiger partial charge in [-0.1, -0.05) is 12.1 Å². The zero-order valence-corrected chi connectivity index (χ0v) is 20.6. The Kier molecular flexibility index (Phi) is 7.07. The number of nitrogens with one attached hydrogen (secondary N) is 1. The maximum Gasteiger partial charge on any atom is 0.251 e. The maximum atomic E-state index is 14.7. The standard InChI is InChI=1S/C25H25F2N4O3S/c1-13(2)28-24(32)15-9-8-14(3)17(12-15)21-16-10-11-31(33)23(20-18(26)6-5-7-19(20)27)22(16)30-25(29-21)35(4)34/h5-9,12-13,23H,10-11H2,1-4H3,(H,28,32)/q-1. The Morgan fingerprint density at radius 1 is 1.20 bits per heavy atom. The van der Waals surface area contributed by atoms with E-state index < -0.39 is 34.0 Å². The molecule has 0 saturated carbocycles. The molecule has 10 heteroatoms. The van der Waals surface area contributed by atoms with Gasteiger partial charge >= 0.3 is 0 Å². The first-order valence-corrected chi connectivity index (χ1v) is 12.7. The molecule has 4 rings (SSSR count). The minimum Gasteiger partial charge on any atom is -0.784 e. The summed E-state index contributed by atoms with van der Waals surface area (Å²) in [6, 6.07) is 7.12. The van der Waals surface area contributed by atoms with Crippen LogP contribution >= 0.6 is 0 Å². The van der Waals surface area contributed by atoms with Crippen molar-refractivity contribution in [1.82, 2.24) is 20.3 Å². The fourth-order valence-corrected chi connectivity index (χ4v) is 4.65. The number of aromatic nitrogens is 2. The minimum atomic E-state index is -1.64. The van der Waals surface area contributed by atoms with Crippen LogP contribution in [0.15, 0.2) is 41.6 Å². The lowest BCUT2D eigenvalue weighted by molar-refractivity contribution is 0.0943. The van der Waals surface area contributed by atoms with Gasteiger partial charge < -0.3 is 15.6 Å². The summed E-state index contributed by atoms with van der Waals surface area (Å²) >= 11 is 0. The summed E-state index contributed by atoms with van der Waals surface area (Å²) in [5.74, 6) is -2.00. The molecule has 0 aliphatic carbocycles. The molecule has 35 heavy (non-hydrogen) atoms. The topological polar surface area (TPSA) is 98.2 Å². The molecule has 0 bridgehead atoms. The van der Waals surface area contributed by atoms with Gasteiger partial charge in [0.15, 0.2) is 0 Å². The van der Waals surface area contributed by atoms with Crippen molar-refractivity contribution in [2.24, 2.45) is 0 Å². The third-order valence-corrected chi connectivity index (χ3v) is 6.55. The largest absolute Gasteiger partial charge is 0.784 e. The Bertz CT molecular complexity index is 1310. The van der Waals surface area contributed by atoms with Crippen LogP contribution in [0.25, 0.3) is 11.3 Å². The van der Waals surface area contributed by atoms with Crippen LogP contribution in [0.3, 0.4) is 0 Å². The third-order valence-electron chi connectivity index (χ3n) is 5.85. The van der Waals surface area contributed by atoms with E-state index in [1.54, 1.807) is 18.2 Å². The van der Waals surface area contributed by atoms with Crippen LogP contribution in [0.2, 0.25) is 0 Å². The van der Waals surface area contributed by atoms with E-state index in [1.807, 2.05) is 20.8 Å². The van der Waals surface area contributed by atoms with Gasteiger partial charge in [0.05, 0.1) is 28.2 Å². The molecular weight excluding hydrogens is 474 g/mol. The quantitative estimate of drug-likeness (QED) is 0.532. The van der Waals surface area contributed by atoms with Gasteiger partial charge in [0, 0.05) is 34.6 Å². The van der Waals surface area contributed by atoms with Crippen molar-refractivity contribution in [1.29, 1.82) is 0 Å². The predicted molar refractivity (Wildman–Crippen MR) is 129 cm³/mol. The second-order valence-corrected chi connectivity index (χ2v) is 10.0. The van der Waals surface area contributed by atoms with E-state index in [2.05, 4.69) is 15.3 Å². The number of carbonyl (C=O) groups is 1. The maximum absolute atomic E-state index is 14.7. The lowest BCUT2D eigenvalue weighted by atomic mass is 9.89. The predicted octanol–water partition coefficient (Wildman–Crippen LogP) is 4.05. The summed E-state index contributed by atoms with van der Waals surface area (Å²) in [7, 11) is -1.64. The minimum absolute atomic E-state index is 0.0388. The van der Waals surface area contributed by atoms with Gasteiger partial charge in [-0.2, -0.15) is 0 Å². The van der Waals surface area contributed by atoms with Gasteiger partial charge in [0.25, 0.3) is 5.91 Å². The average Bonchev–Trinajstić information content (AvgIpc) is 2.79. The molecule has 0 spiro atoms. The number of rotatable bonds is 5. The van der Waals surface area contributed by atoms with Crippen LogP contribution in [0, 0.1) is 23.8 Å². The summed E-state index contributed by atoms with van der Waals surface area (Å²) < 4.78 is 41.9. The van der Waals surface area contributed by atoms with Gasteiger partial charge in [0.2, 0.25) is 5.16 Å². The van der Waals surface area contributed by atoms with E-state index in [1.165, 1.54) is 12.3 Å². The molecule has 2 heterocycles. The fourth-order valence-electron chi connectivity index (χ4n) is 4.21. The van der Waals surface area contributed by atoms with Crippen molar-refractivity contribution in [3.05, 3.63) is 81.2 Å². The summed E-state index contributed by atoms with van der Waals surface area (Å²) in [4.78, 5) is 21.5. The molecule has 0 saturated heterocycles. The van der Waals surface area contributed by atoms with Crippen molar-refractivity contribution < 1.29 is 17.8 Å². The van der Waals surface area contributed by atoms with E-state index >= 15 is 0 Å². The highest BCUT2D eigenvalue weighted by atomic mass is 32.2. The van der Waals surface area contributed by atoms with Gasteiger partial charge in [-0.05, 0) is 63.6 Å². The highest BCUT2D eigenvalue weighted by Crippen LogP contribution is 2.40. The first kappa shape index (κ1) is 25.0. The molecule has 1 N–H and O–H groups in total. The van der Waals surface area contributed by atoms with Crippen molar-refractivity contribution >= 4 is 16.7 Å². The van der Waals surface area contributed by atoms with Crippen molar-refractivity contribution in [3.8, 4) is 11.3 Å². The van der Waals surface area contributed by atoms with Gasteiger partial charge in [-0.25, -0.2) is 18.7 Å². The molecule has 2 unspecified atom stereocenters. The molecule has 1 aliphatic rings. The lowest BCUT2D eigenvalue weighted by Gasteiger charge is -2.42. The Balaban J connectivity index is 1.97. The molecule has 1 amide bonds.